The molecule has 3 rings (SSSR count). The summed E-state index contributed by atoms with van der Waals surface area (Å²) in [5.74, 6) is -1.40. The predicted molar refractivity (Wildman–Crippen MR) is 93.5 cm³/mol. The normalized spacial score (nSPS) is 11.7. The van der Waals surface area contributed by atoms with Crippen molar-refractivity contribution in [3.63, 3.8) is 0 Å². The van der Waals surface area contributed by atoms with Gasteiger partial charge in [-0.3, -0.25) is 9.78 Å². The maximum Gasteiger partial charge on any atom is 0.263 e. The van der Waals surface area contributed by atoms with E-state index in [4.69, 9.17) is 4.74 Å². The standard InChI is InChI=1S/C17H19F2N5O2/c1-17(2,3)24-14-11(9-21-24)15(25)23-16(22-14)20-6-7-26-10-4-5-12(18)13(19)8-10/h4-5,8-9H,6-7H2,1-3H3,(H2,20,22,23,25). The number of aromatic nitrogens is 4. The number of nitrogens with one attached hydrogen (secondary N) is 2. The van der Waals surface area contributed by atoms with Crippen LogP contribution in [0.4, 0.5) is 14.7 Å². The highest BCUT2D eigenvalue weighted by molar-refractivity contribution is 5.74. The lowest BCUT2D eigenvalue weighted by atomic mass is 10.1. The Morgan fingerprint density at radius 1 is 1.27 bits per heavy atom. The Labute approximate surface area is 148 Å². The Balaban J connectivity index is 1.69. The molecule has 26 heavy (non-hydrogen) atoms. The zero-order valence-electron chi connectivity index (χ0n) is 14.6. The lowest BCUT2D eigenvalue weighted by molar-refractivity contribution is 0.329. The maximum absolute atomic E-state index is 13.1. The van der Waals surface area contributed by atoms with Crippen LogP contribution in [0.25, 0.3) is 11.0 Å². The number of hydrogen-bond donors (Lipinski definition) is 2. The van der Waals surface area contributed by atoms with Crippen molar-refractivity contribution in [1.29, 1.82) is 0 Å². The number of nitrogens with zero attached hydrogens (tertiary/aromatic N) is 3. The first kappa shape index (κ1) is 17.8. The van der Waals surface area contributed by atoms with Crippen LogP contribution in [0.15, 0.2) is 29.2 Å². The van der Waals surface area contributed by atoms with Crippen LogP contribution in [0.3, 0.4) is 0 Å². The Kier molecular flexibility index (Phi) is 4.62. The van der Waals surface area contributed by atoms with Crippen LogP contribution in [0, 0.1) is 11.6 Å². The summed E-state index contributed by atoms with van der Waals surface area (Å²) in [6, 6.07) is 3.31. The molecule has 1 aromatic carbocycles. The highest BCUT2D eigenvalue weighted by Crippen LogP contribution is 2.19. The van der Waals surface area contributed by atoms with E-state index in [1.807, 2.05) is 20.8 Å². The van der Waals surface area contributed by atoms with Crippen molar-refractivity contribution < 1.29 is 13.5 Å². The minimum atomic E-state index is -0.970. The van der Waals surface area contributed by atoms with Crippen molar-refractivity contribution in [2.45, 2.75) is 26.3 Å². The van der Waals surface area contributed by atoms with Crippen LogP contribution in [-0.4, -0.2) is 32.9 Å². The fourth-order valence-electron chi connectivity index (χ4n) is 2.40. The van der Waals surface area contributed by atoms with Gasteiger partial charge in [-0.15, -0.1) is 0 Å². The van der Waals surface area contributed by atoms with E-state index in [1.54, 1.807) is 4.68 Å². The van der Waals surface area contributed by atoms with Crippen molar-refractivity contribution in [1.82, 2.24) is 19.7 Å². The number of halogens is 2. The maximum atomic E-state index is 13.1. The van der Waals surface area contributed by atoms with Crippen molar-refractivity contribution in [2.75, 3.05) is 18.5 Å². The first-order valence-corrected chi connectivity index (χ1v) is 8.06. The first-order valence-electron chi connectivity index (χ1n) is 8.06. The smallest absolute Gasteiger partial charge is 0.263 e. The van der Waals surface area contributed by atoms with Crippen molar-refractivity contribution in [2.24, 2.45) is 0 Å². The van der Waals surface area contributed by atoms with Gasteiger partial charge in [-0.1, -0.05) is 0 Å². The quantitative estimate of drug-likeness (QED) is 0.681. The minimum absolute atomic E-state index is 0.172. The third-order valence-corrected chi connectivity index (χ3v) is 3.63. The van der Waals surface area contributed by atoms with Crippen LogP contribution in [0.2, 0.25) is 0 Å². The Morgan fingerprint density at radius 3 is 2.73 bits per heavy atom. The van der Waals surface area contributed by atoms with Crippen LogP contribution in [-0.2, 0) is 5.54 Å². The number of anilines is 1. The average molecular weight is 363 g/mol. The van der Waals surface area contributed by atoms with Gasteiger partial charge in [-0.25, -0.2) is 13.5 Å². The second-order valence-electron chi connectivity index (χ2n) is 6.73. The topological polar surface area (TPSA) is 84.8 Å². The van der Waals surface area contributed by atoms with E-state index in [0.29, 0.717) is 17.6 Å². The molecular formula is C17H19F2N5O2. The van der Waals surface area contributed by atoms with E-state index in [-0.39, 0.29) is 29.4 Å². The fourth-order valence-corrected chi connectivity index (χ4v) is 2.40. The molecule has 0 aliphatic carbocycles. The van der Waals surface area contributed by atoms with Crippen LogP contribution in [0.5, 0.6) is 5.75 Å². The van der Waals surface area contributed by atoms with E-state index >= 15 is 0 Å². The largest absolute Gasteiger partial charge is 0.492 e. The van der Waals surface area contributed by atoms with Gasteiger partial charge in [0.15, 0.2) is 17.3 Å². The Hall–Kier alpha value is -2.97. The first-order chi connectivity index (χ1) is 12.3. The molecule has 0 fully saturated rings. The van der Waals surface area contributed by atoms with E-state index in [2.05, 4.69) is 20.4 Å². The van der Waals surface area contributed by atoms with Crippen molar-refractivity contribution >= 4 is 17.0 Å². The number of fused-ring (bicyclic) bond motifs is 1. The number of ether oxygens (including phenoxy) is 1. The summed E-state index contributed by atoms with van der Waals surface area (Å²) in [6.45, 7) is 6.36. The summed E-state index contributed by atoms with van der Waals surface area (Å²) in [5.41, 5.74) is -0.143. The van der Waals surface area contributed by atoms with Crippen molar-refractivity contribution in [3.05, 3.63) is 46.4 Å². The molecule has 138 valence electrons. The van der Waals surface area contributed by atoms with Gasteiger partial charge in [0.05, 0.1) is 18.3 Å². The molecule has 0 bridgehead atoms. The fraction of sp³-hybridized carbons (Fsp3) is 0.353. The lowest BCUT2D eigenvalue weighted by Crippen LogP contribution is -2.24. The average Bonchev–Trinajstić information content (AvgIpc) is 2.99. The van der Waals surface area contributed by atoms with Crippen molar-refractivity contribution in [3.8, 4) is 5.75 Å². The summed E-state index contributed by atoms with van der Waals surface area (Å²) >= 11 is 0. The molecule has 3 aromatic rings. The molecule has 0 aliphatic heterocycles. The second kappa shape index (κ2) is 6.74. The van der Waals surface area contributed by atoms with Crippen LogP contribution < -0.4 is 15.6 Å². The second-order valence-corrected chi connectivity index (χ2v) is 6.73. The lowest BCUT2D eigenvalue weighted by Gasteiger charge is -2.19. The molecule has 0 aliphatic rings. The monoisotopic (exact) mass is 363 g/mol. The van der Waals surface area contributed by atoms with Gasteiger partial charge in [0.1, 0.15) is 17.7 Å². The molecule has 0 spiro atoms. The molecule has 2 heterocycles. The van der Waals surface area contributed by atoms with Gasteiger partial charge < -0.3 is 10.1 Å². The third-order valence-electron chi connectivity index (χ3n) is 3.63. The number of rotatable bonds is 5. The number of H-pyrrole nitrogens is 1. The molecule has 0 saturated heterocycles. The number of benzene rings is 1. The molecule has 0 atom stereocenters. The van der Waals surface area contributed by atoms with Crippen LogP contribution >= 0.6 is 0 Å². The van der Waals surface area contributed by atoms with E-state index in [9.17, 15) is 13.6 Å². The minimum Gasteiger partial charge on any atom is -0.492 e. The Morgan fingerprint density at radius 2 is 2.04 bits per heavy atom. The number of hydrogen-bond acceptors (Lipinski definition) is 5. The van der Waals surface area contributed by atoms with Gasteiger partial charge in [0.25, 0.3) is 5.56 Å². The molecular weight excluding hydrogens is 344 g/mol. The highest BCUT2D eigenvalue weighted by Gasteiger charge is 2.19. The summed E-state index contributed by atoms with van der Waals surface area (Å²) < 4.78 is 33.0. The molecule has 0 unspecified atom stereocenters. The van der Waals surface area contributed by atoms with Gasteiger partial charge in [0.2, 0.25) is 5.95 Å². The third kappa shape index (κ3) is 3.66. The summed E-state index contributed by atoms with van der Waals surface area (Å²) in [7, 11) is 0. The number of aromatic amines is 1. The zero-order valence-corrected chi connectivity index (χ0v) is 14.6. The molecule has 9 heteroatoms. The van der Waals surface area contributed by atoms with E-state index in [1.165, 1.54) is 12.3 Å². The van der Waals surface area contributed by atoms with Gasteiger partial charge in [-0.05, 0) is 32.9 Å². The van der Waals surface area contributed by atoms with E-state index in [0.717, 1.165) is 12.1 Å². The molecule has 7 nitrogen and oxygen atoms in total. The Bertz CT molecular complexity index is 991. The van der Waals surface area contributed by atoms with Crippen LogP contribution in [0.1, 0.15) is 20.8 Å². The molecule has 0 saturated carbocycles. The van der Waals surface area contributed by atoms with Gasteiger partial charge in [0, 0.05) is 6.07 Å². The molecule has 2 N–H and O–H groups in total. The molecule has 0 radical (unpaired) electrons. The van der Waals surface area contributed by atoms with Gasteiger partial charge in [-0.2, -0.15) is 10.1 Å². The highest BCUT2D eigenvalue weighted by atomic mass is 19.2. The SMILES string of the molecule is CC(C)(C)n1ncc2c(=O)[nH]c(NCCOc3ccc(F)c(F)c3)nc21. The molecule has 0 amide bonds. The summed E-state index contributed by atoms with van der Waals surface area (Å²) in [6.07, 6.45) is 1.49. The van der Waals surface area contributed by atoms with E-state index < -0.39 is 11.6 Å². The molecule has 2 aromatic heterocycles. The van der Waals surface area contributed by atoms with Gasteiger partial charge >= 0.3 is 0 Å². The summed E-state index contributed by atoms with van der Waals surface area (Å²) in [4.78, 5) is 19.2. The predicted octanol–water partition coefficient (Wildman–Crippen LogP) is 2.64. The zero-order chi connectivity index (χ0) is 18.9. The summed E-state index contributed by atoms with van der Waals surface area (Å²) in [5, 5.41) is 7.58.